The average Bonchev–Trinajstić information content (AvgIpc) is 2.95. The average molecular weight is 330 g/mol. The van der Waals surface area contributed by atoms with Crippen LogP contribution in [-0.4, -0.2) is 11.6 Å². The molecule has 0 saturated carbocycles. The van der Waals surface area contributed by atoms with Gasteiger partial charge in [0.25, 0.3) is 5.91 Å². The molecular formula is C18H19FN2OS. The molecule has 1 aromatic carbocycles. The quantitative estimate of drug-likeness (QED) is 0.666. The third-order valence-corrected chi connectivity index (χ3v) is 5.38. The van der Waals surface area contributed by atoms with E-state index in [4.69, 9.17) is 0 Å². The highest BCUT2D eigenvalue weighted by atomic mass is 32.1. The fourth-order valence-corrected chi connectivity index (χ4v) is 3.92. The summed E-state index contributed by atoms with van der Waals surface area (Å²) in [7, 11) is 0. The van der Waals surface area contributed by atoms with E-state index in [-0.39, 0.29) is 11.7 Å². The number of carbonyl (C=O) groups excluding carboxylic acids is 1. The number of hydrazone groups is 1. The first-order valence-corrected chi connectivity index (χ1v) is 8.57. The van der Waals surface area contributed by atoms with Gasteiger partial charge in [-0.15, -0.1) is 11.3 Å². The van der Waals surface area contributed by atoms with Gasteiger partial charge in [0, 0.05) is 10.4 Å². The summed E-state index contributed by atoms with van der Waals surface area (Å²) in [6.45, 7) is 3.92. The van der Waals surface area contributed by atoms with Gasteiger partial charge < -0.3 is 0 Å². The van der Waals surface area contributed by atoms with Gasteiger partial charge in [-0.3, -0.25) is 4.79 Å². The van der Waals surface area contributed by atoms with Crippen molar-refractivity contribution in [2.24, 2.45) is 11.0 Å². The Labute approximate surface area is 139 Å². The normalized spacial score (nSPS) is 17.7. The van der Waals surface area contributed by atoms with E-state index >= 15 is 0 Å². The Morgan fingerprint density at radius 1 is 1.39 bits per heavy atom. The maximum Gasteiger partial charge on any atom is 0.281 e. The highest BCUT2D eigenvalue weighted by Crippen LogP contribution is 2.32. The fourth-order valence-electron chi connectivity index (χ4n) is 2.82. The Morgan fingerprint density at radius 3 is 2.96 bits per heavy atom. The Morgan fingerprint density at radius 2 is 2.17 bits per heavy atom. The molecule has 120 valence electrons. The molecule has 1 atom stereocenters. The molecule has 1 aliphatic rings. The maximum atomic E-state index is 13.7. The third kappa shape index (κ3) is 3.50. The van der Waals surface area contributed by atoms with E-state index in [0.29, 0.717) is 22.1 Å². The zero-order chi connectivity index (χ0) is 16.4. The lowest BCUT2D eigenvalue weighted by molar-refractivity contribution is 0.0959. The van der Waals surface area contributed by atoms with Gasteiger partial charge >= 0.3 is 0 Å². The van der Waals surface area contributed by atoms with Gasteiger partial charge in [-0.1, -0.05) is 25.1 Å². The number of halogens is 1. The van der Waals surface area contributed by atoms with Crippen LogP contribution in [0, 0.1) is 11.7 Å². The molecule has 2 aromatic rings. The molecule has 1 amide bonds. The van der Waals surface area contributed by atoms with Crippen LogP contribution in [0.2, 0.25) is 0 Å². The van der Waals surface area contributed by atoms with Crippen molar-refractivity contribution >= 4 is 23.0 Å². The molecule has 1 heterocycles. The Bertz CT molecular complexity index is 766. The minimum absolute atomic E-state index is 0.229. The van der Waals surface area contributed by atoms with Crippen LogP contribution in [0.5, 0.6) is 0 Å². The molecule has 0 bridgehead atoms. The first kappa shape index (κ1) is 15.9. The molecule has 1 unspecified atom stereocenters. The molecule has 0 spiro atoms. The van der Waals surface area contributed by atoms with Crippen LogP contribution in [0.3, 0.4) is 0 Å². The Hall–Kier alpha value is -2.01. The number of nitrogens with zero attached hydrogens (tertiary/aromatic N) is 1. The van der Waals surface area contributed by atoms with Crippen molar-refractivity contribution in [3.8, 4) is 0 Å². The molecular weight excluding hydrogens is 311 g/mol. The highest BCUT2D eigenvalue weighted by Gasteiger charge is 2.20. The lowest BCUT2D eigenvalue weighted by Gasteiger charge is -2.16. The number of carbonyl (C=O) groups is 1. The van der Waals surface area contributed by atoms with Gasteiger partial charge in [0.1, 0.15) is 5.82 Å². The van der Waals surface area contributed by atoms with E-state index in [1.807, 2.05) is 6.07 Å². The zero-order valence-electron chi connectivity index (χ0n) is 13.2. The molecule has 0 radical (unpaired) electrons. The third-order valence-electron chi connectivity index (χ3n) is 4.14. The highest BCUT2D eigenvalue weighted by molar-refractivity contribution is 7.14. The second-order valence-corrected chi connectivity index (χ2v) is 7.16. The van der Waals surface area contributed by atoms with Crippen molar-refractivity contribution in [3.63, 3.8) is 0 Å². The number of fused-ring (bicyclic) bond motifs is 1. The second kappa shape index (κ2) is 6.62. The monoisotopic (exact) mass is 330 g/mol. The number of hydrogen-bond donors (Lipinski definition) is 1. The summed E-state index contributed by atoms with van der Waals surface area (Å²) in [5.74, 6) is 0.102. The van der Waals surface area contributed by atoms with Crippen LogP contribution in [0.15, 0.2) is 35.4 Å². The Balaban J connectivity index is 1.72. The summed E-state index contributed by atoms with van der Waals surface area (Å²) in [5.41, 5.74) is 4.67. The van der Waals surface area contributed by atoms with Gasteiger partial charge in [-0.25, -0.2) is 9.82 Å². The van der Waals surface area contributed by atoms with Crippen LogP contribution in [-0.2, 0) is 12.8 Å². The van der Waals surface area contributed by atoms with Crippen molar-refractivity contribution in [2.75, 3.05) is 0 Å². The summed E-state index contributed by atoms with van der Waals surface area (Å²) in [4.78, 5) is 14.2. The smallest absolute Gasteiger partial charge is 0.266 e. The maximum absolute atomic E-state index is 13.7. The lowest BCUT2D eigenvalue weighted by Crippen LogP contribution is -2.18. The number of amides is 1. The van der Waals surface area contributed by atoms with Crippen molar-refractivity contribution in [1.82, 2.24) is 5.43 Å². The lowest BCUT2D eigenvalue weighted by atomic mass is 9.90. The van der Waals surface area contributed by atoms with Crippen LogP contribution < -0.4 is 5.43 Å². The van der Waals surface area contributed by atoms with E-state index in [0.717, 1.165) is 12.8 Å². The second-order valence-electron chi connectivity index (χ2n) is 6.03. The number of thiophene rings is 1. The van der Waals surface area contributed by atoms with Crippen molar-refractivity contribution in [1.29, 1.82) is 0 Å². The van der Waals surface area contributed by atoms with Crippen molar-refractivity contribution in [2.45, 2.75) is 33.1 Å². The molecule has 0 fully saturated rings. The fraction of sp³-hybridized carbons (Fsp3) is 0.333. The van der Waals surface area contributed by atoms with Gasteiger partial charge in [0.15, 0.2) is 0 Å². The predicted octanol–water partition coefficient (Wildman–Crippen LogP) is 4.17. The largest absolute Gasteiger partial charge is 0.281 e. The van der Waals surface area contributed by atoms with Gasteiger partial charge in [-0.2, -0.15) is 5.10 Å². The molecule has 0 saturated heterocycles. The number of benzene rings is 1. The molecule has 1 aliphatic carbocycles. The molecule has 3 rings (SSSR count). The van der Waals surface area contributed by atoms with Crippen molar-refractivity contribution in [3.05, 3.63) is 57.0 Å². The molecule has 3 nitrogen and oxygen atoms in total. The first-order valence-electron chi connectivity index (χ1n) is 7.75. The standard InChI is InChI=1S/C18H19FN2OS/c1-11-7-8-16-13(9-11)10-17(23-16)18(22)21-20-12(2)14-5-3-4-6-15(14)19/h3-6,10-11H,7-9H2,1-2H3,(H,21,22). The predicted molar refractivity (Wildman–Crippen MR) is 91.6 cm³/mol. The van der Waals surface area contributed by atoms with E-state index in [1.54, 1.807) is 36.5 Å². The van der Waals surface area contributed by atoms with Gasteiger partial charge in [0.05, 0.1) is 10.6 Å². The van der Waals surface area contributed by atoms with Crippen molar-refractivity contribution < 1.29 is 9.18 Å². The minimum atomic E-state index is -0.344. The summed E-state index contributed by atoms with van der Waals surface area (Å²) in [6, 6.07) is 8.37. The van der Waals surface area contributed by atoms with E-state index in [1.165, 1.54) is 22.9 Å². The van der Waals surface area contributed by atoms with E-state index < -0.39 is 0 Å². The SMILES string of the molecule is CC(=NNC(=O)c1cc2c(s1)CCC(C)C2)c1ccccc1F. The summed E-state index contributed by atoms with van der Waals surface area (Å²) >= 11 is 1.54. The van der Waals surface area contributed by atoms with E-state index in [2.05, 4.69) is 17.5 Å². The topological polar surface area (TPSA) is 41.5 Å². The van der Waals surface area contributed by atoms with E-state index in [9.17, 15) is 9.18 Å². The number of rotatable bonds is 3. The number of hydrogen-bond acceptors (Lipinski definition) is 3. The molecule has 0 aliphatic heterocycles. The molecule has 5 heteroatoms. The molecule has 23 heavy (non-hydrogen) atoms. The van der Waals surface area contributed by atoms with Gasteiger partial charge in [0.2, 0.25) is 0 Å². The zero-order valence-corrected chi connectivity index (χ0v) is 14.0. The summed E-state index contributed by atoms with van der Waals surface area (Å²) < 4.78 is 13.7. The number of aryl methyl sites for hydroxylation is 1. The van der Waals surface area contributed by atoms with Gasteiger partial charge in [-0.05, 0) is 49.8 Å². The Kier molecular flexibility index (Phi) is 4.57. The first-order chi connectivity index (χ1) is 11.0. The number of nitrogens with one attached hydrogen (secondary N) is 1. The minimum Gasteiger partial charge on any atom is -0.266 e. The van der Waals surface area contributed by atoms with Crippen LogP contribution in [0.25, 0.3) is 0 Å². The van der Waals surface area contributed by atoms with Crippen LogP contribution >= 0.6 is 11.3 Å². The molecule has 1 N–H and O–H groups in total. The summed E-state index contributed by atoms with van der Waals surface area (Å²) in [5, 5.41) is 4.04. The van der Waals surface area contributed by atoms with Crippen LogP contribution in [0.4, 0.5) is 4.39 Å². The summed E-state index contributed by atoms with van der Waals surface area (Å²) in [6.07, 6.45) is 3.27. The molecule has 1 aromatic heterocycles. The van der Waals surface area contributed by atoms with Crippen LogP contribution in [0.1, 0.15) is 45.9 Å².